The molecule has 4 heteroatoms. The minimum atomic E-state index is -0.241. The van der Waals surface area contributed by atoms with Gasteiger partial charge in [-0.25, -0.2) is 4.39 Å². The molecule has 1 atom stereocenters. The zero-order valence-corrected chi connectivity index (χ0v) is 13.8. The predicted octanol–water partition coefficient (Wildman–Crippen LogP) is 5.93. The molecule has 0 aliphatic heterocycles. The van der Waals surface area contributed by atoms with Gasteiger partial charge in [-0.2, -0.15) is 0 Å². The molecular weight excluding hydrogens is 362 g/mol. The topological polar surface area (TPSA) is 0 Å². The quantitative estimate of drug-likeness (QED) is 0.568. The third-order valence-corrected chi connectivity index (χ3v) is 4.54. The molecule has 0 bridgehead atoms. The summed E-state index contributed by atoms with van der Waals surface area (Å²) in [7, 11) is 0. The van der Waals surface area contributed by atoms with Crippen molar-refractivity contribution < 1.29 is 4.39 Å². The highest BCUT2D eigenvalue weighted by atomic mass is 79.9. The lowest BCUT2D eigenvalue weighted by atomic mass is 9.94. The molecule has 0 fully saturated rings. The molecule has 20 heavy (non-hydrogen) atoms. The summed E-state index contributed by atoms with van der Waals surface area (Å²) in [6.07, 6.45) is 1.52. The van der Waals surface area contributed by atoms with Crippen LogP contribution >= 0.6 is 39.1 Å². The maximum atomic E-state index is 13.8. The third-order valence-electron chi connectivity index (χ3n) is 3.16. The number of benzene rings is 2. The lowest BCUT2D eigenvalue weighted by Crippen LogP contribution is -2.11. The Kier molecular flexibility index (Phi) is 5.88. The monoisotopic (exact) mass is 374 g/mol. The first-order valence-corrected chi connectivity index (χ1v) is 8.20. The Morgan fingerprint density at radius 1 is 1.00 bits per heavy atom. The van der Waals surface area contributed by atoms with Crippen molar-refractivity contribution in [2.75, 3.05) is 5.33 Å². The summed E-state index contributed by atoms with van der Waals surface area (Å²) in [5.41, 5.74) is 1.86. The van der Waals surface area contributed by atoms with E-state index in [4.69, 9.17) is 23.2 Å². The molecule has 106 valence electrons. The molecule has 0 amide bonds. The number of hydrogen-bond acceptors (Lipinski definition) is 0. The van der Waals surface area contributed by atoms with Crippen LogP contribution < -0.4 is 0 Å². The van der Waals surface area contributed by atoms with Gasteiger partial charge in [0, 0.05) is 15.4 Å². The van der Waals surface area contributed by atoms with Gasteiger partial charge in [0.25, 0.3) is 0 Å². The maximum absolute atomic E-state index is 13.8. The first-order chi connectivity index (χ1) is 9.58. The van der Waals surface area contributed by atoms with E-state index in [-0.39, 0.29) is 5.82 Å². The standard InChI is InChI=1S/C16H14BrCl2F/c17-10-12(6-11-2-1-3-14(18)8-11)7-13-4-5-15(19)9-16(13)20/h1-5,8-9,12H,6-7,10H2. The summed E-state index contributed by atoms with van der Waals surface area (Å²) in [6.45, 7) is 0. The van der Waals surface area contributed by atoms with E-state index in [0.717, 1.165) is 22.3 Å². The van der Waals surface area contributed by atoms with Crippen LogP contribution in [0.1, 0.15) is 11.1 Å². The molecule has 0 saturated heterocycles. The zero-order chi connectivity index (χ0) is 14.5. The second kappa shape index (κ2) is 7.44. The molecule has 0 radical (unpaired) electrons. The number of halogens is 4. The van der Waals surface area contributed by atoms with Crippen LogP contribution in [0.5, 0.6) is 0 Å². The molecule has 2 aromatic rings. The van der Waals surface area contributed by atoms with Crippen molar-refractivity contribution in [3.05, 3.63) is 69.5 Å². The van der Waals surface area contributed by atoms with Crippen LogP contribution in [0.2, 0.25) is 10.0 Å². The van der Waals surface area contributed by atoms with E-state index in [2.05, 4.69) is 15.9 Å². The highest BCUT2D eigenvalue weighted by Crippen LogP contribution is 2.22. The van der Waals surface area contributed by atoms with Crippen LogP contribution in [0.4, 0.5) is 4.39 Å². The van der Waals surface area contributed by atoms with Crippen molar-refractivity contribution in [3.8, 4) is 0 Å². The van der Waals surface area contributed by atoms with Crippen LogP contribution in [0.3, 0.4) is 0 Å². The average Bonchev–Trinajstić information content (AvgIpc) is 2.41. The van der Waals surface area contributed by atoms with Gasteiger partial charge in [-0.3, -0.25) is 0 Å². The van der Waals surface area contributed by atoms with E-state index < -0.39 is 0 Å². The summed E-state index contributed by atoms with van der Waals surface area (Å²) < 4.78 is 13.8. The molecule has 0 heterocycles. The molecule has 0 nitrogen and oxygen atoms in total. The molecule has 2 aromatic carbocycles. The van der Waals surface area contributed by atoms with Crippen LogP contribution in [0, 0.1) is 11.7 Å². The van der Waals surface area contributed by atoms with E-state index in [0.29, 0.717) is 22.9 Å². The summed E-state index contributed by atoms with van der Waals surface area (Å²) in [4.78, 5) is 0. The summed E-state index contributed by atoms with van der Waals surface area (Å²) in [5.74, 6) is 0.0682. The molecular formula is C16H14BrCl2F. The third kappa shape index (κ3) is 4.47. The summed E-state index contributed by atoms with van der Waals surface area (Å²) >= 11 is 15.3. The molecule has 0 aromatic heterocycles. The van der Waals surface area contributed by atoms with Gasteiger partial charge < -0.3 is 0 Å². The summed E-state index contributed by atoms with van der Waals surface area (Å²) in [5, 5.41) is 1.96. The number of hydrogen-bond donors (Lipinski definition) is 0. The smallest absolute Gasteiger partial charge is 0.127 e. The molecule has 0 N–H and O–H groups in total. The average molecular weight is 376 g/mol. The van der Waals surface area contributed by atoms with E-state index in [1.807, 2.05) is 24.3 Å². The minimum Gasteiger partial charge on any atom is -0.207 e. The van der Waals surface area contributed by atoms with Gasteiger partial charge in [-0.1, -0.05) is 57.3 Å². The Balaban J connectivity index is 2.09. The zero-order valence-electron chi connectivity index (χ0n) is 10.8. The van der Waals surface area contributed by atoms with Gasteiger partial charge in [0.15, 0.2) is 0 Å². The fourth-order valence-corrected chi connectivity index (χ4v) is 3.01. The lowest BCUT2D eigenvalue weighted by molar-refractivity contribution is 0.550. The van der Waals surface area contributed by atoms with Crippen LogP contribution in [0.25, 0.3) is 0 Å². The largest absolute Gasteiger partial charge is 0.207 e. The lowest BCUT2D eigenvalue weighted by Gasteiger charge is -2.15. The van der Waals surface area contributed by atoms with E-state index in [1.165, 1.54) is 6.07 Å². The first kappa shape index (κ1) is 15.8. The van der Waals surface area contributed by atoms with Gasteiger partial charge in [0.05, 0.1) is 0 Å². The molecule has 0 aliphatic carbocycles. The van der Waals surface area contributed by atoms with E-state index in [1.54, 1.807) is 12.1 Å². The van der Waals surface area contributed by atoms with Crippen molar-refractivity contribution in [2.45, 2.75) is 12.8 Å². The van der Waals surface area contributed by atoms with Crippen molar-refractivity contribution in [1.82, 2.24) is 0 Å². The minimum absolute atomic E-state index is 0.241. The summed E-state index contributed by atoms with van der Waals surface area (Å²) in [6, 6.07) is 12.6. The molecule has 0 saturated carbocycles. The molecule has 0 aliphatic rings. The van der Waals surface area contributed by atoms with Gasteiger partial charge in [0.1, 0.15) is 5.82 Å². The Labute approximate surface area is 137 Å². The second-order valence-electron chi connectivity index (χ2n) is 4.79. The molecule has 2 rings (SSSR count). The second-order valence-corrected chi connectivity index (χ2v) is 6.31. The highest BCUT2D eigenvalue weighted by Gasteiger charge is 2.13. The van der Waals surface area contributed by atoms with E-state index >= 15 is 0 Å². The van der Waals surface area contributed by atoms with Crippen LogP contribution in [-0.2, 0) is 12.8 Å². The number of rotatable bonds is 5. The first-order valence-electron chi connectivity index (χ1n) is 6.33. The Morgan fingerprint density at radius 3 is 2.40 bits per heavy atom. The maximum Gasteiger partial charge on any atom is 0.127 e. The van der Waals surface area contributed by atoms with Crippen molar-refractivity contribution in [2.24, 2.45) is 5.92 Å². The van der Waals surface area contributed by atoms with Gasteiger partial charge in [-0.15, -0.1) is 0 Å². The van der Waals surface area contributed by atoms with Crippen LogP contribution in [-0.4, -0.2) is 5.33 Å². The fraction of sp³-hybridized carbons (Fsp3) is 0.250. The SMILES string of the molecule is Fc1cc(Cl)ccc1CC(CBr)Cc1cccc(Cl)c1. The van der Waals surface area contributed by atoms with Gasteiger partial charge in [0.2, 0.25) is 0 Å². The van der Waals surface area contributed by atoms with Crippen molar-refractivity contribution >= 4 is 39.1 Å². The van der Waals surface area contributed by atoms with Crippen molar-refractivity contribution in [3.63, 3.8) is 0 Å². The Morgan fingerprint density at radius 2 is 1.75 bits per heavy atom. The Hall–Kier alpha value is -0.570. The normalized spacial score (nSPS) is 12.4. The Bertz CT molecular complexity index is 586. The van der Waals surface area contributed by atoms with Gasteiger partial charge in [-0.05, 0) is 54.2 Å². The van der Waals surface area contributed by atoms with E-state index in [9.17, 15) is 4.39 Å². The molecule has 0 spiro atoms. The highest BCUT2D eigenvalue weighted by molar-refractivity contribution is 9.09. The fourth-order valence-electron chi connectivity index (χ4n) is 2.18. The number of alkyl halides is 1. The van der Waals surface area contributed by atoms with Crippen molar-refractivity contribution in [1.29, 1.82) is 0 Å². The van der Waals surface area contributed by atoms with Gasteiger partial charge >= 0.3 is 0 Å². The molecule has 1 unspecified atom stereocenters. The van der Waals surface area contributed by atoms with Crippen LogP contribution in [0.15, 0.2) is 42.5 Å². The predicted molar refractivity (Wildman–Crippen MR) is 87.6 cm³/mol.